The summed E-state index contributed by atoms with van der Waals surface area (Å²) in [4.78, 5) is 58.7. The van der Waals surface area contributed by atoms with Gasteiger partial charge < -0.3 is 36.0 Å². The topological polar surface area (TPSA) is 206 Å². The van der Waals surface area contributed by atoms with Crippen molar-refractivity contribution in [1.29, 1.82) is 0 Å². The number of likely N-dealkylation sites (N-methyl/N-ethyl adjacent to an activating group) is 1. The van der Waals surface area contributed by atoms with Gasteiger partial charge in [-0.25, -0.2) is 4.39 Å². The van der Waals surface area contributed by atoms with Crippen molar-refractivity contribution in [2.75, 3.05) is 51.4 Å². The van der Waals surface area contributed by atoms with Crippen LogP contribution in [0.3, 0.4) is 0 Å². The van der Waals surface area contributed by atoms with Crippen LogP contribution in [0.25, 0.3) is 0 Å². The number of thioether (sulfide) groups is 1. The monoisotopic (exact) mass is 596 g/mol. The number of nitrogens with one attached hydrogen (secondary N) is 1. The average molecular weight is 597 g/mol. The molecule has 0 bridgehead atoms. The van der Waals surface area contributed by atoms with E-state index in [0.29, 0.717) is 23.1 Å². The van der Waals surface area contributed by atoms with Crippen LogP contribution in [-0.4, -0.2) is 105 Å². The number of carboxylic acid groups (broad SMARTS) is 1. The molecule has 2 aliphatic heterocycles. The first-order valence-corrected chi connectivity index (χ1v) is 13.8. The molecule has 0 aromatic carbocycles. The fourth-order valence-corrected chi connectivity index (χ4v) is 5.59. The number of anilines is 1. The molecule has 0 saturated carbocycles. The lowest BCUT2D eigenvalue weighted by molar-refractivity contribution is -0.896. The average Bonchev–Trinajstić information content (AvgIpc) is 3.34. The summed E-state index contributed by atoms with van der Waals surface area (Å²) in [5.74, 6) is -3.52. The molecule has 1 aromatic rings. The Hall–Kier alpha value is -3.83. The number of oxime groups is 1. The molecule has 216 valence electrons. The Labute approximate surface area is 237 Å². The maximum absolute atomic E-state index is 13.0. The highest BCUT2D eigenvalue weighted by atomic mass is 32.2. The summed E-state index contributed by atoms with van der Waals surface area (Å²) in [6.45, 7) is 2.50. The highest BCUT2D eigenvalue weighted by Crippen LogP contribution is 2.40. The summed E-state index contributed by atoms with van der Waals surface area (Å²) in [6, 6.07) is -1.07. The van der Waals surface area contributed by atoms with Gasteiger partial charge in [0.15, 0.2) is 5.13 Å². The van der Waals surface area contributed by atoms with E-state index < -0.39 is 54.1 Å². The van der Waals surface area contributed by atoms with Gasteiger partial charge in [-0.2, -0.15) is 9.36 Å². The first-order chi connectivity index (χ1) is 19.0. The molecular weight excluding hydrogens is 567 g/mol. The third kappa shape index (κ3) is 7.22. The molecule has 3 rings (SSSR count). The molecule has 1 unspecified atom stereocenters. The number of alkyl halides is 1. The van der Waals surface area contributed by atoms with E-state index in [0.717, 1.165) is 23.0 Å². The summed E-state index contributed by atoms with van der Waals surface area (Å²) in [5.41, 5.74) is 10.4. The number of hydrogen-bond acceptors (Lipinski definition) is 12. The number of hydrogen-bond donors (Lipinski definition) is 3. The van der Waals surface area contributed by atoms with Gasteiger partial charge in [0.25, 0.3) is 11.8 Å². The molecule has 0 aliphatic carbocycles. The van der Waals surface area contributed by atoms with E-state index in [1.807, 2.05) is 14.0 Å². The lowest BCUT2D eigenvalue weighted by Crippen LogP contribution is -2.71. The molecular formula is C23H29FN8O6S2. The van der Waals surface area contributed by atoms with Crippen molar-refractivity contribution >= 4 is 57.8 Å². The predicted octanol–water partition coefficient (Wildman–Crippen LogP) is -1.72. The molecule has 5 N–H and O–H groups in total. The molecule has 17 heteroatoms. The summed E-state index contributed by atoms with van der Waals surface area (Å²) in [5, 5.41) is 17.5. The number of β-lactam (4-membered cyclic amide) rings is 1. The number of aromatic nitrogens is 2. The summed E-state index contributed by atoms with van der Waals surface area (Å²) < 4.78 is 16.9. The second-order valence-electron chi connectivity index (χ2n) is 8.95. The Bertz CT molecular complexity index is 1280. The number of allylic oxidation sites excluding steroid dienone is 1. The van der Waals surface area contributed by atoms with Gasteiger partial charge >= 0.3 is 0 Å². The zero-order valence-corrected chi connectivity index (χ0v) is 23.4. The Morgan fingerprint density at radius 2 is 2.08 bits per heavy atom. The zero-order chi connectivity index (χ0) is 29.4. The smallest absolute Gasteiger partial charge is 0.278 e. The molecule has 40 heavy (non-hydrogen) atoms. The summed E-state index contributed by atoms with van der Waals surface area (Å²) >= 11 is 2.07. The fourth-order valence-electron chi connectivity index (χ4n) is 3.84. The highest BCUT2D eigenvalue weighted by Gasteiger charge is 2.53. The van der Waals surface area contributed by atoms with Gasteiger partial charge in [-0.1, -0.05) is 11.2 Å². The third-order valence-electron chi connectivity index (χ3n) is 6.13. The number of quaternary nitrogens is 1. The number of fused-ring (bicyclic) bond motifs is 1. The van der Waals surface area contributed by atoms with Gasteiger partial charge in [0.05, 0.1) is 38.3 Å². The van der Waals surface area contributed by atoms with E-state index >= 15 is 0 Å². The lowest BCUT2D eigenvalue weighted by Gasteiger charge is -2.50. The first kappa shape index (κ1) is 30.7. The van der Waals surface area contributed by atoms with Gasteiger partial charge in [0.2, 0.25) is 17.4 Å². The number of carbonyl (C=O) groups excluding carboxylic acids is 4. The number of halogens is 1. The molecule has 14 nitrogen and oxygen atoms in total. The van der Waals surface area contributed by atoms with Crippen molar-refractivity contribution < 1.29 is 38.0 Å². The molecule has 1 aromatic heterocycles. The second kappa shape index (κ2) is 13.5. The summed E-state index contributed by atoms with van der Waals surface area (Å²) in [6.07, 6.45) is 6.42. The minimum Gasteiger partial charge on any atom is -0.543 e. The number of carboxylic acids is 1. The molecule has 3 atom stereocenters. The van der Waals surface area contributed by atoms with Crippen molar-refractivity contribution in [3.8, 4) is 0 Å². The maximum atomic E-state index is 13.0. The van der Waals surface area contributed by atoms with Crippen molar-refractivity contribution in [3.63, 3.8) is 0 Å². The molecule has 1 saturated heterocycles. The van der Waals surface area contributed by atoms with Crippen LogP contribution in [0.5, 0.6) is 0 Å². The third-order valence-corrected chi connectivity index (χ3v) is 7.97. The Kier molecular flexibility index (Phi) is 10.4. The molecule has 0 spiro atoms. The molecule has 2 aliphatic rings. The van der Waals surface area contributed by atoms with Gasteiger partial charge in [0.1, 0.15) is 24.7 Å². The predicted molar refractivity (Wildman–Crippen MR) is 144 cm³/mol. The van der Waals surface area contributed by atoms with Crippen molar-refractivity contribution in [3.05, 3.63) is 41.4 Å². The zero-order valence-electron chi connectivity index (χ0n) is 21.7. The van der Waals surface area contributed by atoms with Gasteiger partial charge in [-0.05, 0) is 24.6 Å². The van der Waals surface area contributed by atoms with Crippen LogP contribution < -0.4 is 21.9 Å². The van der Waals surface area contributed by atoms with Crippen LogP contribution in [-0.2, 0) is 24.0 Å². The van der Waals surface area contributed by atoms with Gasteiger partial charge in [-0.15, -0.1) is 11.8 Å². The minimum atomic E-state index is -1.52. The van der Waals surface area contributed by atoms with Gasteiger partial charge in [0, 0.05) is 23.4 Å². The van der Waals surface area contributed by atoms with Crippen LogP contribution in [0, 0.1) is 0 Å². The fraction of sp³-hybridized carbons (Fsp3) is 0.435. The molecule has 0 radical (unpaired) electrons. The maximum Gasteiger partial charge on any atom is 0.278 e. The highest BCUT2D eigenvalue weighted by molar-refractivity contribution is 8.00. The van der Waals surface area contributed by atoms with Crippen molar-refractivity contribution in [1.82, 2.24) is 19.6 Å². The molecule has 3 heterocycles. The minimum absolute atomic E-state index is 0.0548. The van der Waals surface area contributed by atoms with Crippen LogP contribution in [0.4, 0.5) is 9.52 Å². The van der Waals surface area contributed by atoms with E-state index in [1.165, 1.54) is 17.8 Å². The number of rotatable bonds is 14. The van der Waals surface area contributed by atoms with E-state index in [1.54, 1.807) is 18.2 Å². The Morgan fingerprint density at radius 3 is 2.67 bits per heavy atom. The SMILES string of the molecule is CC[N+](C)(C/C=C/C(N)=O)C/C=C/C1=C(C(=O)[O-])N2C(=O)[C@@H](NC(=O)/C(=N\OCCF)c3nsc(N)n3)[C@H]2SC1. The number of aliphatic carboxylic acids is 1. The second-order valence-corrected chi connectivity index (χ2v) is 10.8. The number of carbonyl (C=O) groups is 4. The van der Waals surface area contributed by atoms with E-state index in [4.69, 9.17) is 16.3 Å². The number of nitrogens with two attached hydrogens (primary N) is 2. The Morgan fingerprint density at radius 1 is 1.35 bits per heavy atom. The largest absolute Gasteiger partial charge is 0.543 e. The Balaban J connectivity index is 1.74. The molecule has 1 fully saturated rings. The normalized spacial score (nSPS) is 20.8. The van der Waals surface area contributed by atoms with Crippen molar-refractivity contribution in [2.24, 2.45) is 10.9 Å². The molecule has 3 amide bonds. The van der Waals surface area contributed by atoms with Crippen molar-refractivity contribution in [2.45, 2.75) is 18.3 Å². The number of amides is 3. The van der Waals surface area contributed by atoms with Crippen LogP contribution in [0.1, 0.15) is 12.7 Å². The van der Waals surface area contributed by atoms with Crippen LogP contribution in [0.15, 0.2) is 40.7 Å². The number of primary amides is 1. The van der Waals surface area contributed by atoms with E-state index in [-0.39, 0.29) is 22.4 Å². The number of nitrogen functional groups attached to an aromatic ring is 1. The quantitative estimate of drug-likeness (QED) is 0.0553. The van der Waals surface area contributed by atoms with E-state index in [9.17, 15) is 28.7 Å². The lowest BCUT2D eigenvalue weighted by atomic mass is 10.0. The number of nitrogens with zero attached hydrogens (tertiary/aromatic N) is 5. The standard InChI is InChI=1S/C23H29FN8O6S2/c1-3-32(2,10-5-7-14(25)33)9-4-6-13-12-39-21-16(20(35)31(21)17(13)22(36)37)27-19(34)15(29-38-11-8-24)18-28-23(26)40-30-18/h4-7,16,21H,3,8-12H2,1-2H3,(H5-,25,26,27,28,30,33,34,36,37)/b6-4+,7-5+,29-15-/t16-,21-,32?/m1/s1. The summed E-state index contributed by atoms with van der Waals surface area (Å²) in [7, 11) is 1.97. The van der Waals surface area contributed by atoms with Crippen LogP contribution >= 0.6 is 23.3 Å². The van der Waals surface area contributed by atoms with Crippen LogP contribution in [0.2, 0.25) is 0 Å². The van der Waals surface area contributed by atoms with E-state index in [2.05, 4.69) is 19.8 Å². The van der Waals surface area contributed by atoms with Gasteiger partial charge in [-0.3, -0.25) is 19.3 Å². The first-order valence-electron chi connectivity index (χ1n) is 12.0.